The minimum atomic E-state index is -0.423. The molecule has 0 saturated carbocycles. The zero-order chi connectivity index (χ0) is 18.5. The standard InChI is InChI=1S/C20H22N2O4/c1-25-17-9-5-6-14(10-17)20(24)22-11-15(18(12-22)19(21)23)13-26-16-7-3-2-4-8-16/h2-10,15,18H,11-13H2,1H3,(H2,21,23). The number of benzene rings is 2. The van der Waals surface area contributed by atoms with Gasteiger partial charge in [-0.25, -0.2) is 0 Å². The van der Waals surface area contributed by atoms with Gasteiger partial charge in [-0.15, -0.1) is 0 Å². The number of carbonyl (C=O) groups is 2. The molecule has 1 aliphatic rings. The van der Waals surface area contributed by atoms with E-state index in [4.69, 9.17) is 15.2 Å². The molecule has 2 unspecified atom stereocenters. The maximum absolute atomic E-state index is 12.8. The molecule has 6 heteroatoms. The van der Waals surface area contributed by atoms with Crippen LogP contribution in [0.15, 0.2) is 54.6 Å². The number of likely N-dealkylation sites (tertiary alicyclic amines) is 1. The molecule has 2 N–H and O–H groups in total. The van der Waals surface area contributed by atoms with Gasteiger partial charge in [0.15, 0.2) is 0 Å². The zero-order valence-corrected chi connectivity index (χ0v) is 14.6. The number of hydrogen-bond donors (Lipinski definition) is 1. The van der Waals surface area contributed by atoms with Gasteiger partial charge in [-0.3, -0.25) is 9.59 Å². The van der Waals surface area contributed by atoms with Crippen molar-refractivity contribution in [2.24, 2.45) is 17.6 Å². The van der Waals surface area contributed by atoms with Gasteiger partial charge in [-0.05, 0) is 30.3 Å². The van der Waals surface area contributed by atoms with E-state index < -0.39 is 11.8 Å². The Morgan fingerprint density at radius 3 is 2.50 bits per heavy atom. The van der Waals surface area contributed by atoms with Crippen molar-refractivity contribution in [2.75, 3.05) is 26.8 Å². The van der Waals surface area contributed by atoms with Gasteiger partial charge in [0.2, 0.25) is 5.91 Å². The number of hydrogen-bond acceptors (Lipinski definition) is 4. The van der Waals surface area contributed by atoms with Gasteiger partial charge >= 0.3 is 0 Å². The molecule has 3 rings (SSSR count). The van der Waals surface area contributed by atoms with Crippen LogP contribution >= 0.6 is 0 Å². The summed E-state index contributed by atoms with van der Waals surface area (Å²) >= 11 is 0. The lowest BCUT2D eigenvalue weighted by molar-refractivity contribution is -0.122. The van der Waals surface area contributed by atoms with E-state index in [9.17, 15) is 9.59 Å². The summed E-state index contributed by atoms with van der Waals surface area (Å²) in [6.45, 7) is 1.06. The summed E-state index contributed by atoms with van der Waals surface area (Å²) in [6, 6.07) is 16.4. The highest BCUT2D eigenvalue weighted by Gasteiger charge is 2.39. The lowest BCUT2D eigenvalue weighted by Gasteiger charge is -2.17. The van der Waals surface area contributed by atoms with E-state index in [0.29, 0.717) is 31.0 Å². The summed E-state index contributed by atoms with van der Waals surface area (Å²) in [5.74, 6) is 0.235. The van der Waals surface area contributed by atoms with E-state index in [1.54, 1.807) is 36.3 Å². The molecule has 2 aromatic rings. The van der Waals surface area contributed by atoms with Crippen LogP contribution in [0.2, 0.25) is 0 Å². The number of para-hydroxylation sites is 1. The van der Waals surface area contributed by atoms with Gasteiger partial charge in [0.1, 0.15) is 11.5 Å². The fourth-order valence-corrected chi connectivity index (χ4v) is 3.19. The van der Waals surface area contributed by atoms with Crippen molar-refractivity contribution in [3.05, 3.63) is 60.2 Å². The molecule has 0 aliphatic carbocycles. The Morgan fingerprint density at radius 1 is 1.08 bits per heavy atom. The highest BCUT2D eigenvalue weighted by Crippen LogP contribution is 2.26. The second-order valence-electron chi connectivity index (χ2n) is 6.34. The minimum absolute atomic E-state index is 0.137. The van der Waals surface area contributed by atoms with Crippen LogP contribution in [0.5, 0.6) is 11.5 Å². The number of ether oxygens (including phenoxy) is 2. The summed E-state index contributed by atoms with van der Waals surface area (Å²) in [5, 5.41) is 0. The van der Waals surface area contributed by atoms with Gasteiger partial charge in [-0.2, -0.15) is 0 Å². The van der Waals surface area contributed by atoms with E-state index in [-0.39, 0.29) is 11.8 Å². The molecule has 1 aliphatic heterocycles. The maximum atomic E-state index is 12.8. The lowest BCUT2D eigenvalue weighted by atomic mass is 9.96. The molecule has 0 bridgehead atoms. The fourth-order valence-electron chi connectivity index (χ4n) is 3.19. The van der Waals surface area contributed by atoms with Crippen molar-refractivity contribution in [1.82, 2.24) is 4.90 Å². The van der Waals surface area contributed by atoms with Crippen LogP contribution in [-0.4, -0.2) is 43.5 Å². The van der Waals surface area contributed by atoms with Gasteiger partial charge < -0.3 is 20.1 Å². The van der Waals surface area contributed by atoms with E-state index in [2.05, 4.69) is 0 Å². The largest absolute Gasteiger partial charge is 0.497 e. The quantitative estimate of drug-likeness (QED) is 0.860. The van der Waals surface area contributed by atoms with Crippen LogP contribution in [-0.2, 0) is 4.79 Å². The first-order valence-corrected chi connectivity index (χ1v) is 8.49. The molecule has 2 aromatic carbocycles. The van der Waals surface area contributed by atoms with Crippen molar-refractivity contribution in [3.8, 4) is 11.5 Å². The molecule has 1 saturated heterocycles. The Balaban J connectivity index is 1.69. The summed E-state index contributed by atoms with van der Waals surface area (Å²) in [7, 11) is 1.56. The van der Waals surface area contributed by atoms with Crippen LogP contribution in [0.4, 0.5) is 0 Å². The monoisotopic (exact) mass is 354 g/mol. The summed E-state index contributed by atoms with van der Waals surface area (Å²) < 4.78 is 10.9. The number of carbonyl (C=O) groups excluding carboxylic acids is 2. The normalized spacial score (nSPS) is 19.2. The SMILES string of the molecule is COc1cccc(C(=O)N2CC(COc3ccccc3)C(C(N)=O)C2)c1. The highest BCUT2D eigenvalue weighted by molar-refractivity contribution is 5.95. The molecular weight excluding hydrogens is 332 g/mol. The first-order valence-electron chi connectivity index (χ1n) is 8.49. The lowest BCUT2D eigenvalue weighted by Crippen LogP contribution is -2.32. The molecule has 0 spiro atoms. The van der Waals surface area contributed by atoms with Crippen LogP contribution in [0.1, 0.15) is 10.4 Å². The van der Waals surface area contributed by atoms with Crippen LogP contribution in [0, 0.1) is 11.8 Å². The summed E-state index contributed by atoms with van der Waals surface area (Å²) in [6.07, 6.45) is 0. The summed E-state index contributed by atoms with van der Waals surface area (Å²) in [4.78, 5) is 26.3. The van der Waals surface area contributed by atoms with Crippen LogP contribution in [0.25, 0.3) is 0 Å². The van der Waals surface area contributed by atoms with E-state index in [0.717, 1.165) is 5.75 Å². The molecule has 6 nitrogen and oxygen atoms in total. The molecule has 0 aromatic heterocycles. The zero-order valence-electron chi connectivity index (χ0n) is 14.6. The van der Waals surface area contributed by atoms with Crippen molar-refractivity contribution < 1.29 is 19.1 Å². The predicted octanol–water partition coefficient (Wildman–Crippen LogP) is 1.95. The smallest absolute Gasteiger partial charge is 0.254 e. The Kier molecular flexibility index (Phi) is 5.41. The van der Waals surface area contributed by atoms with Crippen LogP contribution in [0.3, 0.4) is 0 Å². The molecule has 1 fully saturated rings. The van der Waals surface area contributed by atoms with E-state index in [1.165, 1.54) is 0 Å². The van der Waals surface area contributed by atoms with E-state index >= 15 is 0 Å². The molecule has 0 radical (unpaired) electrons. The number of nitrogens with zero attached hydrogens (tertiary/aromatic N) is 1. The topological polar surface area (TPSA) is 81.9 Å². The average Bonchev–Trinajstić information content (AvgIpc) is 3.11. The maximum Gasteiger partial charge on any atom is 0.254 e. The third-order valence-electron chi connectivity index (χ3n) is 4.62. The van der Waals surface area contributed by atoms with Gasteiger partial charge in [-0.1, -0.05) is 24.3 Å². The number of primary amides is 1. The van der Waals surface area contributed by atoms with Crippen molar-refractivity contribution >= 4 is 11.8 Å². The fraction of sp³-hybridized carbons (Fsp3) is 0.300. The molecule has 2 atom stereocenters. The molecular formula is C20H22N2O4. The molecule has 2 amide bonds. The second kappa shape index (κ2) is 7.91. The highest BCUT2D eigenvalue weighted by atomic mass is 16.5. The Bertz CT molecular complexity index is 778. The van der Waals surface area contributed by atoms with Crippen molar-refractivity contribution in [3.63, 3.8) is 0 Å². The minimum Gasteiger partial charge on any atom is -0.497 e. The van der Waals surface area contributed by atoms with Gasteiger partial charge in [0.05, 0.1) is 19.6 Å². The first kappa shape index (κ1) is 17.8. The van der Waals surface area contributed by atoms with Gasteiger partial charge in [0, 0.05) is 24.6 Å². The second-order valence-corrected chi connectivity index (χ2v) is 6.34. The number of nitrogens with two attached hydrogens (primary N) is 1. The molecule has 26 heavy (non-hydrogen) atoms. The summed E-state index contributed by atoms with van der Waals surface area (Å²) in [5.41, 5.74) is 6.08. The Labute approximate surface area is 152 Å². The number of methoxy groups -OCH3 is 1. The third-order valence-corrected chi connectivity index (χ3v) is 4.62. The third kappa shape index (κ3) is 3.96. The number of amides is 2. The van der Waals surface area contributed by atoms with Crippen molar-refractivity contribution in [2.45, 2.75) is 0 Å². The average molecular weight is 354 g/mol. The van der Waals surface area contributed by atoms with Crippen molar-refractivity contribution in [1.29, 1.82) is 0 Å². The first-order chi connectivity index (χ1) is 12.6. The van der Waals surface area contributed by atoms with Crippen LogP contribution < -0.4 is 15.2 Å². The Hall–Kier alpha value is -3.02. The molecule has 136 valence electrons. The Morgan fingerprint density at radius 2 is 1.81 bits per heavy atom. The predicted molar refractivity (Wildman–Crippen MR) is 97.0 cm³/mol. The van der Waals surface area contributed by atoms with E-state index in [1.807, 2.05) is 30.3 Å². The number of rotatable bonds is 6. The van der Waals surface area contributed by atoms with Gasteiger partial charge in [0.25, 0.3) is 5.91 Å². The molecule has 1 heterocycles.